The van der Waals surface area contributed by atoms with Gasteiger partial charge in [0, 0.05) is 6.07 Å². The molecule has 1 saturated heterocycles. The standard InChI is InChI=1S/C9H8ClNO4.C6H3Cl2NO2.I121/c10-7-1-5(9(12)13)2-8(11-7)15-6-3-14-4-6;7-4-1-3(6(10)11)2-5(8)9-4;1-62-64(4)66(6)68(8)70(10)72(12)74(14)76(16)78(18)80(20)82(22)84(24)86(26)88(28)90(30)92(32)94(34)96(36)98(38)100(40)102(42)104(44)106(46)108(48)110(50)112(52)114(54)116(56)118(58)120(60)121(61)119(59)117(57)115(55)113(53)111(51)109(49)107(47)105(45)103(43)101(41)99(39)97(37)95(35)93(33)91(31)89(29)87(27)85(25)83(23)81(21)79(19)77(17)75(15)73(13)71(11)69(9)67(7)65(5)63(2)3/h1-2,6H,3-4H2,(H,12,13);1-2H,(H,10,11);/q;;-1. The molecule has 0 atom stereocenters. The average Bonchev–Trinajstić information content (AvgIpc) is 0.805. The first kappa shape index (κ1) is 231. The number of halogens is 124. The first-order valence-electron chi connectivity index (χ1n) is 24.1. The van der Waals surface area contributed by atoms with Crippen LogP contribution in [0.15, 0.2) is 24.3 Å². The first-order chi connectivity index (χ1) is 67.3. The van der Waals surface area contributed by atoms with E-state index >= 15 is 0 Å². The first-order valence-corrected chi connectivity index (χ1v) is 780. The van der Waals surface area contributed by atoms with Gasteiger partial charge >= 0.3 is 1630 Å². The van der Waals surface area contributed by atoms with Gasteiger partial charge in [-0.25, -0.2) is 19.6 Å². The number of aromatic carboxylic acids is 2. The summed E-state index contributed by atoms with van der Waals surface area (Å²) in [6.45, 7) is 0.993. The number of pyridine rings is 2. The Hall–Kier alpha value is 86.2. The summed E-state index contributed by atoms with van der Waals surface area (Å²) in [5.41, 5.74) is 0.0974. The molecule has 132 heteroatoms. The molecule has 0 aromatic carbocycles. The summed E-state index contributed by atoms with van der Waals surface area (Å²) in [4.78, 5) is 28.5. The third-order valence-electron chi connectivity index (χ3n) is 7.70. The molecule has 1 aliphatic rings. The van der Waals surface area contributed by atoms with Crippen LogP contribution in [0.4, 0.5) is 0 Å². The molecule has 1 fully saturated rings. The maximum Gasteiger partial charge on any atom is 0.335 e. The van der Waals surface area contributed by atoms with Crippen molar-refractivity contribution in [3.8, 4) is 5.88 Å². The van der Waals surface area contributed by atoms with Crippen LogP contribution in [0.5, 0.6) is 5.88 Å². The number of ether oxygens (including phenoxy) is 2. The number of hydrogen-bond acceptors (Lipinski definition) is 6. The van der Waals surface area contributed by atoms with Gasteiger partial charge in [-0.1, -0.05) is 34.8 Å². The fourth-order valence-corrected chi connectivity index (χ4v) is 24100. The van der Waals surface area contributed by atoms with Crippen molar-refractivity contribution in [1.82, 2.24) is 9.97 Å². The Morgan fingerprint density at radius 2 is 0.347 bits per heavy atom. The van der Waals surface area contributed by atoms with Crippen LogP contribution in [0.1, 0.15) is 20.7 Å². The van der Waals surface area contributed by atoms with Crippen molar-refractivity contribution >= 4 is 1650 Å². The minimum absolute atomic E-state index is 0.0370. The molecule has 0 bridgehead atoms. The Kier molecular flexibility index (Phi) is 215. The van der Waals surface area contributed by atoms with Crippen LogP contribution in [0.3, 0.4) is 0 Å². The molecule has 0 radical (unpaired) electrons. The van der Waals surface area contributed by atoms with Crippen molar-refractivity contribution in [3.63, 3.8) is 0 Å². The number of hydrogen-bond donors (Lipinski definition) is 2. The summed E-state index contributed by atoms with van der Waals surface area (Å²) in [6, 6.07) is 5.08. The topological polar surface area (TPSA) is 119 Å². The van der Waals surface area contributed by atoms with E-state index in [2.05, 4.69) is 1150 Å². The van der Waals surface area contributed by atoms with E-state index in [9.17, 15) is 9.59 Å². The average molecular weight is 15800 g/mol. The Morgan fingerprint density at radius 1 is 0.224 bits per heavy atom. The van der Waals surface area contributed by atoms with Gasteiger partial charge in [0.1, 0.15) is 21.6 Å². The van der Waals surface area contributed by atoms with Gasteiger partial charge in [-0.15, -0.1) is 0 Å². The van der Waals surface area contributed by atoms with Crippen LogP contribution < -0.4 is 18.0 Å². The summed E-state index contributed by atoms with van der Waals surface area (Å²) in [6.07, 6.45) is -0.0578. The number of carboxylic acids is 2. The van der Waals surface area contributed by atoms with E-state index in [0.29, 0.717) is 26.5 Å². The largest absolute Gasteiger partial charge is 0.478 e. The van der Waals surface area contributed by atoms with Crippen molar-refractivity contribution in [1.29, 1.82) is 0 Å². The van der Waals surface area contributed by atoms with Crippen LogP contribution >= 0.6 is 1640 Å². The zero-order chi connectivity index (χ0) is 115. The molecule has 3 heterocycles. The molecule has 0 unspecified atom stereocenters. The number of carbonyl (C=O) groups is 2. The summed E-state index contributed by atoms with van der Waals surface area (Å²) in [5.74, 6) is -1.92. The van der Waals surface area contributed by atoms with Crippen LogP contribution in [-0.4, -0.2) is 51.4 Å². The predicted molar refractivity (Wildman–Crippen MR) is 1780 cm³/mol. The van der Waals surface area contributed by atoms with Gasteiger partial charge in [-0.2, -0.15) is 0 Å². The third-order valence-corrected chi connectivity index (χ3v) is 9670. The minimum Gasteiger partial charge on any atom is -0.478 e. The molecule has 2 N–H and O–H groups in total. The maximum atomic E-state index is 10.7. The summed E-state index contributed by atoms with van der Waals surface area (Å²) >= 11 is 226. The molecule has 1 aliphatic heterocycles. The molecule has 0 aliphatic carbocycles. The number of nitrogens with zero attached hydrogens (tertiary/aromatic N) is 2. The van der Waals surface area contributed by atoms with Gasteiger partial charge in [0.15, 0.2) is 0 Å². The van der Waals surface area contributed by atoms with Gasteiger partial charge in [0.2, 0.25) is 5.88 Å². The van der Waals surface area contributed by atoms with Gasteiger partial charge in [0.25, 0.3) is 0 Å². The third kappa shape index (κ3) is 93.8. The van der Waals surface area contributed by atoms with Crippen molar-refractivity contribution in [2.45, 2.75) is 6.10 Å². The second-order valence-corrected chi connectivity index (χ2v) is 2910. The SMILES string of the molecule is I[I-]I(I)I(I)I(I)I(I)I(I)I(I)I(I)I(I)I(I)I(I)I(I)I(I)I(I)I(I)I(I)I(I)I(I)I(I)I(I)I(I)I(I)I(I)I(I)I(I)I(I)I(I)I(I)I(I)I(I)I(I)I(I)I(I)I(I)I(I)I(I)I(I)I(I)I(I)I(I)I(I)I(I)I(I)I(I)I(I)I(I)I(I)I(I)I(I)I(I)I(I)I(I)I(I)I(I)I(I)I(I)I(I)I(I)I(I)I(I)I.O=C(O)c1cc(Cl)nc(Cl)c1.O=C(O)c1cc(Cl)nc(OC2COC2)c1. The molecule has 986 valence electrons. The molecule has 2 aromatic rings. The van der Waals surface area contributed by atoms with E-state index in [0.717, 1.165) is 0 Å². The Bertz CT molecular complexity index is 3870. The van der Waals surface area contributed by atoms with Crippen LogP contribution in [-0.2, 0) is 4.74 Å². The quantitative estimate of drug-likeness (QED) is 0.0497. The predicted octanol–water partition coefficient (Wildman–Crippen LogP) is 107. The van der Waals surface area contributed by atoms with Gasteiger partial charge < -0.3 is 19.7 Å². The fourth-order valence-electron chi connectivity index (χ4n) is 3.47. The van der Waals surface area contributed by atoms with Gasteiger partial charge in [0.05, 0.1) is 24.3 Å². The molecular weight excluding hydrogens is 15800 g/mol. The normalized spacial score (nSPS) is 18.1. The van der Waals surface area contributed by atoms with E-state index in [4.69, 9.17) is 54.5 Å². The summed E-state index contributed by atoms with van der Waals surface area (Å²) < 4.78 is 10.3. The van der Waals surface area contributed by atoms with Crippen molar-refractivity contribution in [2.75, 3.05) is 13.2 Å². The van der Waals surface area contributed by atoms with E-state index in [-0.39, 0.29) is 38.6 Å². The van der Waals surface area contributed by atoms with Gasteiger partial charge in [-0.3, -0.25) is 0 Å². The zero-order valence-corrected chi connectivity index (χ0v) is 322. The van der Waals surface area contributed by atoms with Crippen LogP contribution in [0.25, 0.3) is 0 Å². The summed E-state index contributed by atoms with van der Waals surface area (Å²) in [5, 5.41) is 17.5. The Labute approximate surface area is 1680 Å². The monoisotopic (exact) mass is 15800 g/mol. The van der Waals surface area contributed by atoms with E-state index in [1.165, 1.54) is 24.3 Å². The van der Waals surface area contributed by atoms with Crippen LogP contribution in [0, 0.1) is 0 Å². The summed E-state index contributed by atoms with van der Waals surface area (Å²) in [7, 11) is -37.1. The second-order valence-electron chi connectivity index (χ2n) is 14.5. The number of aromatic nitrogens is 2. The van der Waals surface area contributed by atoms with Gasteiger partial charge in [-0.05, 0) is 18.2 Å². The Balaban J connectivity index is 0.00000354. The molecule has 0 amide bonds. The number of carboxylic acid groups (broad SMARTS) is 2. The fraction of sp³-hybridized carbons (Fsp3) is 0.200. The Morgan fingerprint density at radius 3 is 0.463 bits per heavy atom. The van der Waals surface area contributed by atoms with E-state index < -0.39 is 478 Å². The smallest absolute Gasteiger partial charge is 0.335 e. The molecule has 2 aromatic heterocycles. The molecule has 3 rings (SSSR count). The minimum atomic E-state index is -1.07. The van der Waals surface area contributed by atoms with E-state index in [1.807, 2.05) is 0 Å². The molecule has 147 heavy (non-hydrogen) atoms. The maximum absolute atomic E-state index is 10.7. The molecule has 0 spiro atoms. The van der Waals surface area contributed by atoms with Crippen molar-refractivity contribution in [3.05, 3.63) is 50.9 Å². The van der Waals surface area contributed by atoms with E-state index in [1.54, 1.807) is 0 Å². The molecule has 8 nitrogen and oxygen atoms in total. The number of rotatable bonds is 63. The molecular formula is C15H11Cl3I121N2O6-. The zero-order valence-electron chi connectivity index (χ0n) is 58.6. The van der Waals surface area contributed by atoms with Crippen molar-refractivity contribution < 1.29 is 42.5 Å². The molecule has 0 saturated carbocycles. The van der Waals surface area contributed by atoms with Crippen LogP contribution in [0.2, 0.25) is 15.5 Å². The van der Waals surface area contributed by atoms with Crippen molar-refractivity contribution in [2.24, 2.45) is 0 Å². The second kappa shape index (κ2) is 137.